The SMILES string of the molecule is CCCCCCCC(NCCC)c1ccc(OCC)cc1. The van der Waals surface area contributed by atoms with Crippen LogP contribution in [0.5, 0.6) is 5.75 Å². The second kappa shape index (κ2) is 11.6. The fourth-order valence-corrected chi connectivity index (χ4v) is 2.62. The predicted molar refractivity (Wildman–Crippen MR) is 92.0 cm³/mol. The zero-order valence-electron chi connectivity index (χ0n) is 14.2. The van der Waals surface area contributed by atoms with E-state index in [4.69, 9.17) is 4.74 Å². The van der Waals surface area contributed by atoms with Gasteiger partial charge in [0.05, 0.1) is 6.61 Å². The summed E-state index contributed by atoms with van der Waals surface area (Å²) in [7, 11) is 0. The van der Waals surface area contributed by atoms with Gasteiger partial charge in [0, 0.05) is 6.04 Å². The lowest BCUT2D eigenvalue weighted by Crippen LogP contribution is -2.22. The van der Waals surface area contributed by atoms with Crippen molar-refractivity contribution in [3.05, 3.63) is 29.8 Å². The van der Waals surface area contributed by atoms with Crippen LogP contribution in [0.2, 0.25) is 0 Å². The van der Waals surface area contributed by atoms with E-state index in [1.807, 2.05) is 6.92 Å². The summed E-state index contributed by atoms with van der Waals surface area (Å²) in [6.07, 6.45) is 9.15. The van der Waals surface area contributed by atoms with Crippen molar-refractivity contribution < 1.29 is 4.74 Å². The fourth-order valence-electron chi connectivity index (χ4n) is 2.62. The van der Waals surface area contributed by atoms with Crippen molar-refractivity contribution in [1.82, 2.24) is 5.32 Å². The van der Waals surface area contributed by atoms with Gasteiger partial charge in [0.2, 0.25) is 0 Å². The molecule has 0 aliphatic heterocycles. The van der Waals surface area contributed by atoms with Crippen LogP contribution in [0.4, 0.5) is 0 Å². The molecule has 0 amide bonds. The van der Waals surface area contributed by atoms with Crippen molar-refractivity contribution in [1.29, 1.82) is 0 Å². The summed E-state index contributed by atoms with van der Waals surface area (Å²) in [5.41, 5.74) is 1.39. The number of unbranched alkanes of at least 4 members (excludes halogenated alkanes) is 4. The third-order valence-corrected chi connectivity index (χ3v) is 3.83. The smallest absolute Gasteiger partial charge is 0.119 e. The second-order valence-electron chi connectivity index (χ2n) is 5.71. The molecule has 0 radical (unpaired) electrons. The highest BCUT2D eigenvalue weighted by atomic mass is 16.5. The van der Waals surface area contributed by atoms with Crippen LogP contribution in [0.15, 0.2) is 24.3 Å². The Balaban J connectivity index is 2.50. The number of hydrogen-bond donors (Lipinski definition) is 1. The molecule has 1 unspecified atom stereocenters. The van der Waals surface area contributed by atoms with Gasteiger partial charge in [0.1, 0.15) is 5.75 Å². The molecule has 1 aromatic rings. The van der Waals surface area contributed by atoms with Crippen LogP contribution in [-0.4, -0.2) is 13.2 Å². The molecule has 0 saturated heterocycles. The predicted octanol–water partition coefficient (Wildman–Crippen LogP) is 5.49. The summed E-state index contributed by atoms with van der Waals surface area (Å²) in [6.45, 7) is 8.34. The summed E-state index contributed by atoms with van der Waals surface area (Å²) in [4.78, 5) is 0. The number of hydrogen-bond acceptors (Lipinski definition) is 2. The van der Waals surface area contributed by atoms with Gasteiger partial charge in [0.15, 0.2) is 0 Å². The summed E-state index contributed by atoms with van der Waals surface area (Å²) >= 11 is 0. The molecule has 0 saturated carbocycles. The molecule has 2 nitrogen and oxygen atoms in total. The molecule has 0 aliphatic rings. The maximum absolute atomic E-state index is 5.53. The highest BCUT2D eigenvalue weighted by Gasteiger charge is 2.10. The highest BCUT2D eigenvalue weighted by molar-refractivity contribution is 5.29. The maximum Gasteiger partial charge on any atom is 0.119 e. The Morgan fingerprint density at radius 3 is 2.24 bits per heavy atom. The summed E-state index contributed by atoms with van der Waals surface area (Å²) in [5.74, 6) is 0.971. The average Bonchev–Trinajstić information content (AvgIpc) is 2.51. The Kier molecular flexibility index (Phi) is 9.98. The van der Waals surface area contributed by atoms with Crippen LogP contribution < -0.4 is 10.1 Å². The molecule has 1 rings (SSSR count). The van der Waals surface area contributed by atoms with Crippen molar-refractivity contribution in [3.8, 4) is 5.75 Å². The van der Waals surface area contributed by atoms with Crippen LogP contribution in [0.25, 0.3) is 0 Å². The van der Waals surface area contributed by atoms with Gasteiger partial charge in [-0.25, -0.2) is 0 Å². The molecular formula is C19H33NO. The van der Waals surface area contributed by atoms with E-state index < -0.39 is 0 Å². The van der Waals surface area contributed by atoms with Crippen LogP contribution >= 0.6 is 0 Å². The highest BCUT2D eigenvalue weighted by Crippen LogP contribution is 2.23. The van der Waals surface area contributed by atoms with Crippen molar-refractivity contribution >= 4 is 0 Å². The molecule has 0 heterocycles. The molecule has 0 bridgehead atoms. The summed E-state index contributed by atoms with van der Waals surface area (Å²) in [5, 5.41) is 3.69. The minimum Gasteiger partial charge on any atom is -0.494 e. The Bertz CT molecular complexity index is 347. The van der Waals surface area contributed by atoms with Gasteiger partial charge in [0.25, 0.3) is 0 Å². The Hall–Kier alpha value is -1.02. The molecule has 0 fully saturated rings. The van der Waals surface area contributed by atoms with Gasteiger partial charge < -0.3 is 10.1 Å². The Morgan fingerprint density at radius 2 is 1.62 bits per heavy atom. The molecule has 0 spiro atoms. The van der Waals surface area contributed by atoms with E-state index in [-0.39, 0.29) is 0 Å². The number of benzene rings is 1. The molecule has 0 aromatic heterocycles. The molecule has 1 N–H and O–H groups in total. The Labute approximate surface area is 131 Å². The first-order valence-electron chi connectivity index (χ1n) is 8.77. The molecule has 120 valence electrons. The summed E-state index contributed by atoms with van der Waals surface area (Å²) in [6, 6.07) is 9.10. The molecule has 2 heteroatoms. The maximum atomic E-state index is 5.53. The average molecular weight is 291 g/mol. The topological polar surface area (TPSA) is 21.3 Å². The van der Waals surface area contributed by atoms with E-state index >= 15 is 0 Å². The molecule has 21 heavy (non-hydrogen) atoms. The zero-order valence-corrected chi connectivity index (χ0v) is 14.2. The largest absolute Gasteiger partial charge is 0.494 e. The van der Waals surface area contributed by atoms with Crippen molar-refractivity contribution in [2.45, 2.75) is 71.8 Å². The van der Waals surface area contributed by atoms with E-state index in [2.05, 4.69) is 43.4 Å². The lowest BCUT2D eigenvalue weighted by Gasteiger charge is -2.19. The third kappa shape index (κ3) is 7.52. The number of rotatable bonds is 12. The molecule has 1 atom stereocenters. The van der Waals surface area contributed by atoms with E-state index in [0.29, 0.717) is 6.04 Å². The standard InChI is InChI=1S/C19H33NO/c1-4-7-8-9-10-11-19(20-16-5-2)17-12-14-18(15-13-17)21-6-3/h12-15,19-20H,4-11,16H2,1-3H3. The second-order valence-corrected chi connectivity index (χ2v) is 5.71. The Morgan fingerprint density at radius 1 is 0.905 bits per heavy atom. The normalized spacial score (nSPS) is 12.3. The monoisotopic (exact) mass is 291 g/mol. The van der Waals surface area contributed by atoms with Crippen LogP contribution in [0.3, 0.4) is 0 Å². The van der Waals surface area contributed by atoms with Crippen LogP contribution in [0, 0.1) is 0 Å². The first kappa shape index (κ1) is 18.0. The van der Waals surface area contributed by atoms with E-state index in [0.717, 1.165) is 18.9 Å². The van der Waals surface area contributed by atoms with Gasteiger partial charge in [-0.1, -0.05) is 58.1 Å². The van der Waals surface area contributed by atoms with Crippen molar-refractivity contribution in [2.75, 3.05) is 13.2 Å². The lowest BCUT2D eigenvalue weighted by molar-refractivity contribution is 0.340. The van der Waals surface area contributed by atoms with Crippen molar-refractivity contribution in [3.63, 3.8) is 0 Å². The van der Waals surface area contributed by atoms with E-state index in [1.165, 1.54) is 50.5 Å². The fraction of sp³-hybridized carbons (Fsp3) is 0.684. The first-order chi connectivity index (χ1) is 10.3. The number of nitrogens with one attached hydrogen (secondary N) is 1. The van der Waals surface area contributed by atoms with Crippen LogP contribution in [0.1, 0.15) is 77.3 Å². The first-order valence-corrected chi connectivity index (χ1v) is 8.77. The molecule has 1 aromatic carbocycles. The third-order valence-electron chi connectivity index (χ3n) is 3.83. The lowest BCUT2D eigenvalue weighted by atomic mass is 9.99. The van der Waals surface area contributed by atoms with Gasteiger partial charge in [-0.3, -0.25) is 0 Å². The van der Waals surface area contributed by atoms with Gasteiger partial charge in [-0.15, -0.1) is 0 Å². The van der Waals surface area contributed by atoms with Crippen LogP contribution in [-0.2, 0) is 0 Å². The summed E-state index contributed by atoms with van der Waals surface area (Å²) < 4.78 is 5.53. The molecule has 0 aliphatic carbocycles. The van der Waals surface area contributed by atoms with E-state index in [9.17, 15) is 0 Å². The number of ether oxygens (including phenoxy) is 1. The minimum atomic E-state index is 0.488. The van der Waals surface area contributed by atoms with Gasteiger partial charge >= 0.3 is 0 Å². The van der Waals surface area contributed by atoms with E-state index in [1.54, 1.807) is 0 Å². The van der Waals surface area contributed by atoms with Gasteiger partial charge in [-0.2, -0.15) is 0 Å². The quantitative estimate of drug-likeness (QED) is 0.514. The van der Waals surface area contributed by atoms with Gasteiger partial charge in [-0.05, 0) is 44.0 Å². The minimum absolute atomic E-state index is 0.488. The van der Waals surface area contributed by atoms with Crippen molar-refractivity contribution in [2.24, 2.45) is 0 Å². The molecular weight excluding hydrogens is 258 g/mol. The zero-order chi connectivity index (χ0) is 15.3.